The van der Waals surface area contributed by atoms with Gasteiger partial charge in [-0.2, -0.15) is 4.98 Å². The first-order valence-corrected chi connectivity index (χ1v) is 6.89. The Labute approximate surface area is 127 Å². The lowest BCUT2D eigenvalue weighted by atomic mass is 10.2. The molecule has 106 valence electrons. The number of aromatic nitrogens is 1. The average molecular weight is 312 g/mol. The van der Waals surface area contributed by atoms with Gasteiger partial charge in [0.15, 0.2) is 0 Å². The quantitative estimate of drug-likeness (QED) is 0.877. The van der Waals surface area contributed by atoms with E-state index in [1.807, 2.05) is 13.8 Å². The molecule has 0 aliphatic heterocycles. The van der Waals surface area contributed by atoms with Crippen molar-refractivity contribution in [3.8, 4) is 5.88 Å². The lowest BCUT2D eigenvalue weighted by molar-refractivity contribution is 0.329. The first kappa shape index (κ1) is 14.8. The molecule has 0 radical (unpaired) electrons. The third-order valence-corrected chi connectivity index (χ3v) is 3.40. The SMILES string of the molecule is CCOc1nc(Nc2cc(Cl)c(C)cc2Cl)ccc1N. The van der Waals surface area contributed by atoms with Crippen LogP contribution in [0.15, 0.2) is 24.3 Å². The van der Waals surface area contributed by atoms with E-state index in [0.717, 1.165) is 5.56 Å². The number of hydrogen-bond acceptors (Lipinski definition) is 4. The molecule has 1 aromatic carbocycles. The molecule has 0 aliphatic rings. The number of anilines is 3. The minimum Gasteiger partial charge on any atom is -0.476 e. The third kappa shape index (κ3) is 3.26. The van der Waals surface area contributed by atoms with Crippen molar-refractivity contribution in [2.75, 3.05) is 17.7 Å². The van der Waals surface area contributed by atoms with Gasteiger partial charge >= 0.3 is 0 Å². The maximum atomic E-state index is 6.18. The van der Waals surface area contributed by atoms with Crippen LogP contribution in [0.5, 0.6) is 5.88 Å². The maximum absolute atomic E-state index is 6.18. The van der Waals surface area contributed by atoms with E-state index in [-0.39, 0.29) is 0 Å². The fourth-order valence-corrected chi connectivity index (χ4v) is 2.08. The van der Waals surface area contributed by atoms with E-state index >= 15 is 0 Å². The summed E-state index contributed by atoms with van der Waals surface area (Å²) >= 11 is 12.3. The maximum Gasteiger partial charge on any atom is 0.239 e. The summed E-state index contributed by atoms with van der Waals surface area (Å²) in [5.41, 5.74) is 7.87. The normalized spacial score (nSPS) is 10.4. The number of halogens is 2. The molecule has 20 heavy (non-hydrogen) atoms. The standard InChI is InChI=1S/C14H15Cl2N3O/c1-3-20-14-11(17)4-5-13(19-14)18-12-7-9(15)8(2)6-10(12)16/h4-7H,3,17H2,1-2H3,(H,18,19). The van der Waals surface area contributed by atoms with Gasteiger partial charge < -0.3 is 15.8 Å². The Hall–Kier alpha value is -1.65. The molecule has 1 heterocycles. The number of rotatable bonds is 4. The van der Waals surface area contributed by atoms with E-state index < -0.39 is 0 Å². The predicted molar refractivity (Wildman–Crippen MR) is 84.3 cm³/mol. The second-order valence-corrected chi connectivity index (χ2v) is 5.04. The molecule has 1 aromatic heterocycles. The Morgan fingerprint density at radius 1 is 1.25 bits per heavy atom. The van der Waals surface area contributed by atoms with E-state index in [4.69, 9.17) is 33.7 Å². The molecule has 6 heteroatoms. The Bertz CT molecular complexity index is 632. The number of nitrogens with zero attached hydrogens (tertiary/aromatic N) is 1. The molecule has 0 fully saturated rings. The van der Waals surface area contributed by atoms with E-state index in [0.29, 0.717) is 39.7 Å². The van der Waals surface area contributed by atoms with Gasteiger partial charge in [0.2, 0.25) is 5.88 Å². The van der Waals surface area contributed by atoms with Crippen LogP contribution in [0.2, 0.25) is 10.0 Å². The number of nitrogen functional groups attached to an aromatic ring is 1. The van der Waals surface area contributed by atoms with Crippen molar-refractivity contribution in [2.45, 2.75) is 13.8 Å². The van der Waals surface area contributed by atoms with Crippen molar-refractivity contribution in [2.24, 2.45) is 0 Å². The van der Waals surface area contributed by atoms with E-state index in [1.54, 1.807) is 24.3 Å². The van der Waals surface area contributed by atoms with Crippen LogP contribution in [0.4, 0.5) is 17.2 Å². The fourth-order valence-electron chi connectivity index (χ4n) is 1.65. The largest absolute Gasteiger partial charge is 0.476 e. The van der Waals surface area contributed by atoms with Crippen LogP contribution in [0.1, 0.15) is 12.5 Å². The van der Waals surface area contributed by atoms with Crippen molar-refractivity contribution in [1.82, 2.24) is 4.98 Å². The Morgan fingerprint density at radius 3 is 2.70 bits per heavy atom. The second-order valence-electron chi connectivity index (χ2n) is 4.23. The smallest absolute Gasteiger partial charge is 0.239 e. The molecule has 0 atom stereocenters. The van der Waals surface area contributed by atoms with E-state index in [2.05, 4.69) is 10.3 Å². The number of aryl methyl sites for hydroxylation is 1. The van der Waals surface area contributed by atoms with Crippen LogP contribution < -0.4 is 15.8 Å². The average Bonchev–Trinajstić information content (AvgIpc) is 2.40. The number of hydrogen-bond donors (Lipinski definition) is 2. The molecule has 0 amide bonds. The highest BCUT2D eigenvalue weighted by Crippen LogP contribution is 2.31. The van der Waals surface area contributed by atoms with Gasteiger partial charge in [-0.15, -0.1) is 0 Å². The van der Waals surface area contributed by atoms with Crippen LogP contribution in [0.3, 0.4) is 0 Å². The number of ether oxygens (including phenoxy) is 1. The molecule has 0 spiro atoms. The van der Waals surface area contributed by atoms with Crippen LogP contribution in [0.25, 0.3) is 0 Å². The number of benzene rings is 1. The van der Waals surface area contributed by atoms with Gasteiger partial charge in [0, 0.05) is 5.02 Å². The lowest BCUT2D eigenvalue weighted by Gasteiger charge is -2.12. The topological polar surface area (TPSA) is 60.2 Å². The van der Waals surface area contributed by atoms with Crippen molar-refractivity contribution < 1.29 is 4.74 Å². The minimum absolute atomic E-state index is 0.395. The van der Waals surface area contributed by atoms with Gasteiger partial charge in [0.25, 0.3) is 0 Å². The summed E-state index contributed by atoms with van der Waals surface area (Å²) in [6, 6.07) is 7.04. The Morgan fingerprint density at radius 2 is 2.00 bits per heavy atom. The molecule has 4 nitrogen and oxygen atoms in total. The van der Waals surface area contributed by atoms with E-state index in [1.165, 1.54) is 0 Å². The van der Waals surface area contributed by atoms with Gasteiger partial charge in [-0.3, -0.25) is 0 Å². The van der Waals surface area contributed by atoms with Crippen molar-refractivity contribution in [3.63, 3.8) is 0 Å². The van der Waals surface area contributed by atoms with Crippen LogP contribution in [0, 0.1) is 6.92 Å². The lowest BCUT2D eigenvalue weighted by Crippen LogP contribution is -2.02. The Balaban J connectivity index is 2.30. The third-order valence-electron chi connectivity index (χ3n) is 2.68. The van der Waals surface area contributed by atoms with E-state index in [9.17, 15) is 0 Å². The molecule has 0 saturated heterocycles. The summed E-state index contributed by atoms with van der Waals surface area (Å²) in [7, 11) is 0. The van der Waals surface area contributed by atoms with Crippen molar-refractivity contribution >= 4 is 40.4 Å². The highest BCUT2D eigenvalue weighted by Gasteiger charge is 2.08. The number of pyridine rings is 1. The van der Waals surface area contributed by atoms with Gasteiger partial charge in [0.1, 0.15) is 5.82 Å². The van der Waals surface area contributed by atoms with Gasteiger partial charge in [-0.1, -0.05) is 23.2 Å². The highest BCUT2D eigenvalue weighted by atomic mass is 35.5. The molecule has 0 saturated carbocycles. The molecule has 2 aromatic rings. The predicted octanol–water partition coefficient (Wildman–Crippen LogP) is 4.42. The zero-order chi connectivity index (χ0) is 14.7. The molecular weight excluding hydrogens is 297 g/mol. The van der Waals surface area contributed by atoms with Crippen LogP contribution in [-0.2, 0) is 0 Å². The molecular formula is C14H15Cl2N3O. The van der Waals surface area contributed by atoms with Gasteiger partial charge in [0.05, 0.1) is 23.0 Å². The zero-order valence-corrected chi connectivity index (χ0v) is 12.7. The summed E-state index contributed by atoms with van der Waals surface area (Å²) in [6.45, 7) is 4.27. The van der Waals surface area contributed by atoms with Gasteiger partial charge in [-0.25, -0.2) is 0 Å². The number of nitrogens with one attached hydrogen (secondary N) is 1. The van der Waals surface area contributed by atoms with Crippen molar-refractivity contribution in [3.05, 3.63) is 39.9 Å². The molecule has 3 N–H and O–H groups in total. The summed E-state index contributed by atoms with van der Waals surface area (Å²) < 4.78 is 5.35. The Kier molecular flexibility index (Phi) is 4.57. The molecule has 0 bridgehead atoms. The first-order valence-electron chi connectivity index (χ1n) is 6.13. The van der Waals surface area contributed by atoms with Crippen LogP contribution >= 0.6 is 23.2 Å². The summed E-state index contributed by atoms with van der Waals surface area (Å²) in [6.07, 6.45) is 0. The van der Waals surface area contributed by atoms with Crippen molar-refractivity contribution in [1.29, 1.82) is 0 Å². The molecule has 2 rings (SSSR count). The monoisotopic (exact) mass is 311 g/mol. The minimum atomic E-state index is 0.395. The summed E-state index contributed by atoms with van der Waals surface area (Å²) in [5, 5.41) is 4.31. The fraction of sp³-hybridized carbons (Fsp3) is 0.214. The summed E-state index contributed by atoms with van der Waals surface area (Å²) in [4.78, 5) is 4.29. The molecule has 0 aliphatic carbocycles. The van der Waals surface area contributed by atoms with Gasteiger partial charge in [-0.05, 0) is 43.7 Å². The first-order chi connectivity index (χ1) is 9.51. The molecule has 0 unspecified atom stereocenters. The highest BCUT2D eigenvalue weighted by molar-refractivity contribution is 6.35. The zero-order valence-electron chi connectivity index (χ0n) is 11.2. The van der Waals surface area contributed by atoms with Crippen LogP contribution in [-0.4, -0.2) is 11.6 Å². The second kappa shape index (κ2) is 6.20. The summed E-state index contributed by atoms with van der Waals surface area (Å²) in [5.74, 6) is 0.983. The number of nitrogens with two attached hydrogens (primary N) is 1.